The number of urea groups is 1. The fourth-order valence-electron chi connectivity index (χ4n) is 4.29. The van der Waals surface area contributed by atoms with E-state index in [1.54, 1.807) is 9.80 Å². The second kappa shape index (κ2) is 6.80. The number of rotatable bonds is 2. The molecule has 0 radical (unpaired) electrons. The Hall–Kier alpha value is -1.47. The van der Waals surface area contributed by atoms with Crippen molar-refractivity contribution in [2.24, 2.45) is 11.8 Å². The molecule has 136 valence electrons. The molecule has 2 saturated heterocycles. The monoisotopic (exact) mass is 347 g/mol. The molecule has 2 atom stereocenters. The van der Waals surface area contributed by atoms with Crippen molar-refractivity contribution in [3.05, 3.63) is 0 Å². The molecule has 1 saturated carbocycles. The summed E-state index contributed by atoms with van der Waals surface area (Å²) in [6.07, 6.45) is -1.40. The predicted octanol–water partition coefficient (Wildman–Crippen LogP) is 2.37. The first-order valence-electron chi connectivity index (χ1n) is 8.78. The number of carbonyl (C=O) groups excluding carboxylic acids is 2. The molecule has 1 aliphatic carbocycles. The van der Waals surface area contributed by atoms with E-state index in [4.69, 9.17) is 0 Å². The number of nitrogens with zero attached hydrogens (tertiary/aromatic N) is 2. The van der Waals surface area contributed by atoms with Crippen LogP contribution in [-0.2, 0) is 4.79 Å². The minimum Gasteiger partial charge on any atom is -0.342 e. The van der Waals surface area contributed by atoms with Crippen molar-refractivity contribution < 1.29 is 22.8 Å². The van der Waals surface area contributed by atoms with Crippen LogP contribution in [0.2, 0.25) is 0 Å². The molecule has 3 fully saturated rings. The molecule has 2 aliphatic heterocycles. The maximum Gasteiger partial charge on any atom is 0.392 e. The van der Waals surface area contributed by atoms with E-state index in [9.17, 15) is 22.8 Å². The molecule has 24 heavy (non-hydrogen) atoms. The minimum atomic E-state index is -4.30. The van der Waals surface area contributed by atoms with Gasteiger partial charge in [0, 0.05) is 38.1 Å². The van der Waals surface area contributed by atoms with Gasteiger partial charge in [0.15, 0.2) is 0 Å². The van der Waals surface area contributed by atoms with Gasteiger partial charge in [0.2, 0.25) is 5.91 Å². The Kier molecular flexibility index (Phi) is 4.92. The molecular formula is C16H24F3N3O2. The Bertz CT molecular complexity index is 489. The SMILES string of the molecule is O=C([C@H]1CCCC[C@@H]1C(F)(F)F)N1CCC(N2CCNC2=O)CC1. The average Bonchev–Trinajstić information content (AvgIpc) is 2.99. The summed E-state index contributed by atoms with van der Waals surface area (Å²) in [7, 11) is 0. The summed E-state index contributed by atoms with van der Waals surface area (Å²) in [6.45, 7) is 2.17. The van der Waals surface area contributed by atoms with Crippen LogP contribution in [0, 0.1) is 11.8 Å². The van der Waals surface area contributed by atoms with Gasteiger partial charge in [0.25, 0.3) is 0 Å². The molecule has 0 bridgehead atoms. The Morgan fingerprint density at radius 3 is 2.29 bits per heavy atom. The molecule has 0 aromatic carbocycles. The van der Waals surface area contributed by atoms with Gasteiger partial charge in [-0.1, -0.05) is 12.8 Å². The quantitative estimate of drug-likeness (QED) is 0.834. The third kappa shape index (κ3) is 3.47. The summed E-state index contributed by atoms with van der Waals surface area (Å²) in [5.74, 6) is -2.77. The van der Waals surface area contributed by atoms with Gasteiger partial charge in [-0.3, -0.25) is 4.79 Å². The van der Waals surface area contributed by atoms with Crippen molar-refractivity contribution in [1.82, 2.24) is 15.1 Å². The molecule has 1 N–H and O–H groups in total. The highest BCUT2D eigenvalue weighted by Crippen LogP contribution is 2.42. The molecule has 8 heteroatoms. The average molecular weight is 347 g/mol. The van der Waals surface area contributed by atoms with Crippen LogP contribution in [0.5, 0.6) is 0 Å². The zero-order valence-corrected chi connectivity index (χ0v) is 13.6. The summed E-state index contributed by atoms with van der Waals surface area (Å²) in [5.41, 5.74) is 0. The third-order valence-electron chi connectivity index (χ3n) is 5.61. The zero-order chi connectivity index (χ0) is 17.3. The zero-order valence-electron chi connectivity index (χ0n) is 13.6. The molecule has 3 rings (SSSR count). The van der Waals surface area contributed by atoms with Crippen LogP contribution < -0.4 is 5.32 Å². The Labute approximate surface area is 139 Å². The number of piperidine rings is 1. The van der Waals surface area contributed by atoms with Crippen LogP contribution in [0.4, 0.5) is 18.0 Å². The van der Waals surface area contributed by atoms with Crippen LogP contribution in [-0.4, -0.2) is 60.1 Å². The van der Waals surface area contributed by atoms with Gasteiger partial charge in [0.05, 0.1) is 5.92 Å². The second-order valence-corrected chi connectivity index (χ2v) is 7.02. The Morgan fingerprint density at radius 1 is 1.04 bits per heavy atom. The van der Waals surface area contributed by atoms with E-state index in [1.807, 2.05) is 0 Å². The van der Waals surface area contributed by atoms with Crippen molar-refractivity contribution in [2.75, 3.05) is 26.2 Å². The summed E-state index contributed by atoms with van der Waals surface area (Å²) in [5, 5.41) is 2.76. The summed E-state index contributed by atoms with van der Waals surface area (Å²) >= 11 is 0. The highest BCUT2D eigenvalue weighted by atomic mass is 19.4. The van der Waals surface area contributed by atoms with E-state index in [-0.39, 0.29) is 24.4 Å². The number of carbonyl (C=O) groups is 2. The number of amides is 3. The minimum absolute atomic E-state index is 0.0598. The number of likely N-dealkylation sites (tertiary alicyclic amines) is 1. The van der Waals surface area contributed by atoms with Crippen molar-refractivity contribution in [3.8, 4) is 0 Å². The molecule has 0 aromatic heterocycles. The molecule has 0 spiro atoms. The van der Waals surface area contributed by atoms with Gasteiger partial charge in [-0.05, 0) is 25.7 Å². The van der Waals surface area contributed by atoms with Gasteiger partial charge < -0.3 is 15.1 Å². The lowest BCUT2D eigenvalue weighted by molar-refractivity contribution is -0.201. The first kappa shape index (κ1) is 17.4. The van der Waals surface area contributed by atoms with E-state index >= 15 is 0 Å². The first-order valence-corrected chi connectivity index (χ1v) is 8.78. The largest absolute Gasteiger partial charge is 0.392 e. The van der Waals surface area contributed by atoms with Gasteiger partial charge in [-0.15, -0.1) is 0 Å². The summed E-state index contributed by atoms with van der Waals surface area (Å²) < 4.78 is 39.6. The van der Waals surface area contributed by atoms with Crippen LogP contribution in [0.1, 0.15) is 38.5 Å². The molecule has 2 heterocycles. The van der Waals surface area contributed by atoms with E-state index in [1.165, 1.54) is 0 Å². The number of hydrogen-bond donors (Lipinski definition) is 1. The second-order valence-electron chi connectivity index (χ2n) is 7.02. The normalized spacial score (nSPS) is 29.7. The lowest BCUT2D eigenvalue weighted by Crippen LogP contribution is -2.51. The fraction of sp³-hybridized carbons (Fsp3) is 0.875. The lowest BCUT2D eigenvalue weighted by Gasteiger charge is -2.40. The molecule has 3 aliphatic rings. The highest BCUT2D eigenvalue weighted by molar-refractivity contribution is 5.80. The summed E-state index contributed by atoms with van der Waals surface area (Å²) in [6, 6.07) is 0.00510. The highest BCUT2D eigenvalue weighted by Gasteiger charge is 2.49. The smallest absolute Gasteiger partial charge is 0.342 e. The van der Waals surface area contributed by atoms with Crippen LogP contribution >= 0.6 is 0 Å². The van der Waals surface area contributed by atoms with Gasteiger partial charge in [-0.2, -0.15) is 13.2 Å². The predicted molar refractivity (Wildman–Crippen MR) is 81.2 cm³/mol. The van der Waals surface area contributed by atoms with Crippen molar-refractivity contribution in [3.63, 3.8) is 0 Å². The molecule has 5 nitrogen and oxygen atoms in total. The first-order chi connectivity index (χ1) is 11.4. The Balaban J connectivity index is 1.59. The van der Waals surface area contributed by atoms with E-state index < -0.39 is 18.0 Å². The van der Waals surface area contributed by atoms with Crippen LogP contribution in [0.25, 0.3) is 0 Å². The van der Waals surface area contributed by atoms with Gasteiger partial charge >= 0.3 is 12.2 Å². The van der Waals surface area contributed by atoms with Crippen molar-refractivity contribution in [2.45, 2.75) is 50.7 Å². The van der Waals surface area contributed by atoms with Crippen molar-refractivity contribution in [1.29, 1.82) is 0 Å². The van der Waals surface area contributed by atoms with E-state index in [0.717, 1.165) is 0 Å². The number of alkyl halides is 3. The van der Waals surface area contributed by atoms with Crippen LogP contribution in [0.15, 0.2) is 0 Å². The van der Waals surface area contributed by atoms with Crippen LogP contribution in [0.3, 0.4) is 0 Å². The van der Waals surface area contributed by atoms with Gasteiger partial charge in [0.1, 0.15) is 0 Å². The number of hydrogen-bond acceptors (Lipinski definition) is 2. The third-order valence-corrected chi connectivity index (χ3v) is 5.61. The fourth-order valence-corrected chi connectivity index (χ4v) is 4.29. The molecule has 0 unspecified atom stereocenters. The van der Waals surface area contributed by atoms with Crippen molar-refractivity contribution >= 4 is 11.9 Å². The van der Waals surface area contributed by atoms with E-state index in [2.05, 4.69) is 5.32 Å². The molecular weight excluding hydrogens is 323 g/mol. The van der Waals surface area contributed by atoms with E-state index in [0.29, 0.717) is 58.3 Å². The molecule has 3 amide bonds. The summed E-state index contributed by atoms with van der Waals surface area (Å²) in [4.78, 5) is 27.7. The van der Waals surface area contributed by atoms with Gasteiger partial charge in [-0.25, -0.2) is 4.79 Å². The Morgan fingerprint density at radius 2 is 1.71 bits per heavy atom. The number of nitrogens with one attached hydrogen (secondary N) is 1. The molecule has 0 aromatic rings. The lowest BCUT2D eigenvalue weighted by atomic mass is 9.77. The number of halogens is 3. The maximum atomic E-state index is 13.2. The maximum absolute atomic E-state index is 13.2. The topological polar surface area (TPSA) is 52.7 Å². The standard InChI is InChI=1S/C16H24F3N3O2/c17-16(18,19)13-4-2-1-3-12(13)14(23)21-8-5-11(6-9-21)22-10-7-20-15(22)24/h11-13H,1-10H2,(H,20,24)/t12-,13-/m0/s1.